The van der Waals surface area contributed by atoms with Crippen molar-refractivity contribution in [3.63, 3.8) is 0 Å². The highest BCUT2D eigenvalue weighted by Crippen LogP contribution is 2.20. The second-order valence-electron chi connectivity index (χ2n) is 17.5. The molecule has 0 N–H and O–H groups in total. The minimum Gasteiger partial charge on any atom is 0 e. The molecule has 0 rings (SSSR count). The zero-order valence-corrected chi connectivity index (χ0v) is 36.4. The van der Waals surface area contributed by atoms with Crippen LogP contribution in [0.5, 0.6) is 0 Å². The fourth-order valence-corrected chi connectivity index (χ4v) is 10.5. The van der Waals surface area contributed by atoms with E-state index >= 15 is 0 Å². The number of hydrogen-bond acceptors (Lipinski definition) is 0. The first-order valence-electron chi connectivity index (χ1n) is 20.7. The van der Waals surface area contributed by atoms with Crippen LogP contribution in [-0.4, -0.2) is 446 Å². The van der Waals surface area contributed by atoms with Gasteiger partial charge in [-0.3, -0.25) is 0 Å². The third kappa shape index (κ3) is 18.8. The Morgan fingerprint density at radius 2 is 0.206 bits per heavy atom. The van der Waals surface area contributed by atoms with Crippen molar-refractivity contribution in [2.24, 2.45) is 0 Å². The summed E-state index contributed by atoms with van der Waals surface area (Å²) in [5.41, 5.74) is 0. The van der Waals surface area contributed by atoms with Gasteiger partial charge in [-0.2, -0.15) is 0 Å². The van der Waals surface area contributed by atoms with Crippen molar-refractivity contribution in [2.45, 2.75) is 0 Å². The van der Waals surface area contributed by atoms with E-state index in [1.165, 1.54) is 0 Å². The minimum atomic E-state index is -1.42. The molecule has 0 amide bonds. The largest absolute Gasteiger partial charge is 0 e. The van der Waals surface area contributed by atoms with Gasteiger partial charge >= 0.3 is 0 Å². The summed E-state index contributed by atoms with van der Waals surface area (Å²) in [7, 11) is 211. The molecule has 0 aliphatic rings. The molecule has 0 heterocycles. The van der Waals surface area contributed by atoms with E-state index in [0.29, 0.717) is 0 Å². The molecule has 0 aliphatic carbocycles. The third-order valence-electron chi connectivity index (χ3n) is 12.9. The Bertz CT molecular complexity index is 830. The molecule has 0 atom stereocenters. The predicted molar refractivity (Wildman–Crippen MR) is 363 cm³/mol. The normalized spacial score (nSPS) is 9.71. The molecule has 0 saturated carbocycles. The van der Waals surface area contributed by atoms with Crippen LogP contribution in [0.4, 0.5) is 0 Å². The van der Waals surface area contributed by atoms with Crippen LogP contribution in [0.2, 0.25) is 0 Å². The van der Waals surface area contributed by atoms with E-state index in [4.69, 9.17) is 248 Å². The average molecular weight is 681 g/mol. The van der Waals surface area contributed by atoms with Crippen molar-refractivity contribution in [3.05, 3.63) is 0 Å². The lowest BCUT2D eigenvalue weighted by Gasteiger charge is -2.55. The second kappa shape index (κ2) is 31.0. The van der Waals surface area contributed by atoms with E-state index in [2.05, 4.69) is 0 Å². The summed E-state index contributed by atoms with van der Waals surface area (Å²) in [6, 6.07) is 0. The quantitative estimate of drug-likeness (QED) is 0.0663. The maximum absolute atomic E-state index is 6.55. The molecule has 63 heteroatoms. The maximum atomic E-state index is 6.55. The lowest BCUT2D eigenvalue weighted by atomic mass is 8.27. The molecule has 0 spiro atoms. The van der Waals surface area contributed by atoms with Crippen LogP contribution < -0.4 is 0 Å². The van der Waals surface area contributed by atoms with Gasteiger partial charge in [0.25, 0.3) is 0 Å². The van der Waals surface area contributed by atoms with Crippen molar-refractivity contribution in [2.75, 3.05) is 0 Å². The summed E-state index contributed by atoms with van der Waals surface area (Å²) in [5, 5.41) is 0. The van der Waals surface area contributed by atoms with E-state index in [0.717, 1.165) is 0 Å². The van der Waals surface area contributed by atoms with Gasteiger partial charge in [-0.15, -0.1) is 0 Å². The van der Waals surface area contributed by atoms with Gasteiger partial charge < -0.3 is 0 Å². The smallest absolute Gasteiger partial charge is 0 e. The molecule has 0 aromatic heterocycles. The standard InChI is InChI=1S/B63/c1-34(2)52(35(3)4)60(53(36(5)6)37(7)8)50(61(54(38(9)10)39(11)12)55(40(13)14)41(15)16)33-51(62(56(42(17)18)43(19)20)57(44(21)22)45(23)24)63(58(46(25)26)47(27)28)59(48(29)30)49(31)32. The Hall–Kier alpha value is 4.09. The molecular formula is B63. The molecule has 0 fully saturated rings. The van der Waals surface area contributed by atoms with E-state index in [9.17, 15) is 0 Å². The average Bonchev–Trinajstić information content (AvgIpc) is 3.05. The zero-order valence-electron chi connectivity index (χ0n) is 36.4. The molecular weight excluding hydrogens is 681 g/mol. The van der Waals surface area contributed by atoms with E-state index in [1.807, 2.05) is 0 Å². The molecule has 0 saturated heterocycles. The van der Waals surface area contributed by atoms with Crippen molar-refractivity contribution < 1.29 is 0 Å². The van der Waals surface area contributed by atoms with Gasteiger partial charge in [0, 0.05) is 446 Å². The van der Waals surface area contributed by atoms with Gasteiger partial charge in [-0.1, -0.05) is 0 Å². The van der Waals surface area contributed by atoms with E-state index in [1.54, 1.807) is 7.06 Å². The van der Waals surface area contributed by atoms with Gasteiger partial charge in [-0.25, -0.2) is 0 Å². The lowest BCUT2D eigenvalue weighted by Crippen LogP contribution is -2.93. The molecule has 0 aromatic rings. The molecule has 189 valence electrons. The van der Waals surface area contributed by atoms with Crippen molar-refractivity contribution in [1.29, 1.82) is 0 Å². The van der Waals surface area contributed by atoms with Crippen molar-refractivity contribution >= 4 is 446 Å². The van der Waals surface area contributed by atoms with Gasteiger partial charge in [0.15, 0.2) is 0 Å². The number of hydrogen-bond donors (Lipinski definition) is 0. The first-order valence-corrected chi connectivity index (χ1v) is 20.7. The molecule has 63 heavy (non-hydrogen) atoms. The van der Waals surface area contributed by atoms with Crippen LogP contribution in [0.3, 0.4) is 0 Å². The summed E-state index contributed by atoms with van der Waals surface area (Å²) in [6.45, 7) is 0. The van der Waals surface area contributed by atoms with Crippen LogP contribution in [0.1, 0.15) is 0 Å². The Morgan fingerprint density at radius 3 is 0.270 bits per heavy atom. The van der Waals surface area contributed by atoms with Gasteiger partial charge in [0.1, 0.15) is 0 Å². The Labute approximate surface area is 442 Å². The topological polar surface area (TPSA) is 0 Å². The van der Waals surface area contributed by atoms with Crippen LogP contribution in [0.25, 0.3) is 0 Å². The van der Waals surface area contributed by atoms with E-state index in [-0.39, 0.29) is 0 Å². The van der Waals surface area contributed by atoms with Gasteiger partial charge in [0.2, 0.25) is 0 Å². The molecule has 0 unspecified atom stereocenters. The lowest BCUT2D eigenvalue weighted by molar-refractivity contribution is 3.21. The third-order valence-corrected chi connectivity index (χ3v) is 12.9. The first-order chi connectivity index (χ1) is 28.6. The molecule has 0 aromatic carbocycles. The fraction of sp³-hybridized carbons (Fsp3) is 0. The summed E-state index contributed by atoms with van der Waals surface area (Å²) in [6.07, 6.45) is -41.1. The SMILES string of the molecule is [B]B([B])B(B([B])[B])B(B([B]B(B(B(B([B])[B])B([B])[B])B(B([B])[B])B([B])[B])B(B(B([B])[B])B([B])[B])B(B([B])[B])B([B])[B])B(B(B([B])[B])B([B])[B])B(B([B])[B])B([B])[B])B(B([B])[B])B([B])[B]. The van der Waals surface area contributed by atoms with Crippen LogP contribution in [0.15, 0.2) is 0 Å². The molecule has 65 radical (unpaired) electrons. The first kappa shape index (κ1) is 67.1. The second-order valence-corrected chi connectivity index (χ2v) is 17.5. The maximum Gasteiger partial charge on any atom is 0 e. The fourth-order valence-electron chi connectivity index (χ4n) is 10.5. The highest BCUT2D eigenvalue weighted by Gasteiger charge is 2.59. The van der Waals surface area contributed by atoms with Crippen molar-refractivity contribution in [1.82, 2.24) is 0 Å². The Morgan fingerprint density at radius 1 is 0.127 bits per heavy atom. The molecule has 0 bridgehead atoms. The van der Waals surface area contributed by atoms with Crippen LogP contribution >= 0.6 is 0 Å². The molecule has 0 nitrogen and oxygen atoms in total. The summed E-state index contributed by atoms with van der Waals surface area (Å²) in [5.74, 6) is 0. The highest BCUT2D eigenvalue weighted by molar-refractivity contribution is 8.34. The Kier molecular flexibility index (Phi) is 33.0. The number of rotatable bonds is 30. The minimum absolute atomic E-state index is 1.28. The van der Waals surface area contributed by atoms with Gasteiger partial charge in [0.05, 0.1) is 0 Å². The van der Waals surface area contributed by atoms with E-state index < -0.39 is 192 Å². The highest BCUT2D eigenvalue weighted by atomic mass is 13.4. The summed E-state index contributed by atoms with van der Waals surface area (Å²) in [4.78, 5) is 0. The van der Waals surface area contributed by atoms with Gasteiger partial charge in [-0.05, 0) is 0 Å². The monoisotopic (exact) mass is 694 g/mol. The zero-order chi connectivity index (χ0) is 50.0. The van der Waals surface area contributed by atoms with Crippen LogP contribution in [0, 0.1) is 0 Å². The predicted octanol–water partition coefficient (Wildman–Crippen LogP) is -24.0. The summed E-state index contributed by atoms with van der Waals surface area (Å²) >= 11 is 0. The Balaban J connectivity index is 10.3. The van der Waals surface area contributed by atoms with Crippen LogP contribution in [-0.2, 0) is 0 Å². The summed E-state index contributed by atoms with van der Waals surface area (Å²) < 4.78 is 0. The molecule has 0 aliphatic heterocycles. The van der Waals surface area contributed by atoms with Crippen molar-refractivity contribution in [3.8, 4) is 0 Å².